The van der Waals surface area contributed by atoms with E-state index >= 15 is 0 Å². The summed E-state index contributed by atoms with van der Waals surface area (Å²) in [5.74, 6) is 0.811. The van der Waals surface area contributed by atoms with Crippen molar-refractivity contribution < 1.29 is 4.42 Å². The molecule has 1 rings (SSSR count). The van der Waals surface area contributed by atoms with Gasteiger partial charge in [-0.2, -0.15) is 10.5 Å². The van der Waals surface area contributed by atoms with Crippen LogP contribution < -0.4 is 0 Å². The van der Waals surface area contributed by atoms with Gasteiger partial charge >= 0.3 is 0 Å². The van der Waals surface area contributed by atoms with Crippen LogP contribution in [0.4, 0.5) is 0 Å². The Labute approximate surface area is 101 Å². The van der Waals surface area contributed by atoms with Crippen molar-refractivity contribution in [2.75, 3.05) is 19.6 Å². The highest BCUT2D eigenvalue weighted by atomic mass is 16.3. The van der Waals surface area contributed by atoms with E-state index in [2.05, 4.69) is 17.0 Å². The van der Waals surface area contributed by atoms with Crippen molar-refractivity contribution in [3.8, 4) is 12.1 Å². The molecule has 0 aromatic carbocycles. The number of nitrogens with zero attached hydrogens (tertiary/aromatic N) is 3. The van der Waals surface area contributed by atoms with Crippen LogP contribution in [0.25, 0.3) is 6.08 Å². The standard InChI is InChI=1S/C13H15N3O/c14-7-3-10-16(11-4-8-15)9-1-5-13-6-2-12-17-13/h1-2,5-6,12H,3-4,9-11H2. The summed E-state index contributed by atoms with van der Waals surface area (Å²) < 4.78 is 5.17. The van der Waals surface area contributed by atoms with Gasteiger partial charge in [-0.1, -0.05) is 6.08 Å². The van der Waals surface area contributed by atoms with Gasteiger partial charge in [-0.3, -0.25) is 4.90 Å². The van der Waals surface area contributed by atoms with Crippen molar-refractivity contribution in [1.82, 2.24) is 4.90 Å². The molecule has 0 amide bonds. The molecular weight excluding hydrogens is 214 g/mol. The quantitative estimate of drug-likeness (QED) is 0.720. The topological polar surface area (TPSA) is 64.0 Å². The van der Waals surface area contributed by atoms with Gasteiger partial charge in [0.2, 0.25) is 0 Å². The summed E-state index contributed by atoms with van der Waals surface area (Å²) >= 11 is 0. The molecule has 4 nitrogen and oxygen atoms in total. The highest BCUT2D eigenvalue weighted by Crippen LogP contribution is 2.03. The molecule has 88 valence electrons. The molecule has 0 saturated heterocycles. The summed E-state index contributed by atoms with van der Waals surface area (Å²) in [6.07, 6.45) is 6.47. The Morgan fingerprint density at radius 1 is 1.24 bits per heavy atom. The summed E-state index contributed by atoms with van der Waals surface area (Å²) in [6, 6.07) is 7.94. The Bertz CT molecular complexity index is 391. The lowest BCUT2D eigenvalue weighted by molar-refractivity contribution is 0.317. The molecule has 0 radical (unpaired) electrons. The maximum Gasteiger partial charge on any atom is 0.126 e. The SMILES string of the molecule is N#CCCN(CC=Cc1ccco1)CCC#N. The van der Waals surface area contributed by atoms with Crippen LogP contribution in [-0.2, 0) is 0 Å². The Morgan fingerprint density at radius 3 is 2.47 bits per heavy atom. The Balaban J connectivity index is 2.37. The first-order valence-electron chi connectivity index (χ1n) is 5.53. The predicted molar refractivity (Wildman–Crippen MR) is 64.6 cm³/mol. The fraction of sp³-hybridized carbons (Fsp3) is 0.385. The van der Waals surface area contributed by atoms with Crippen molar-refractivity contribution in [3.05, 3.63) is 30.2 Å². The highest BCUT2D eigenvalue weighted by Gasteiger charge is 2.01. The van der Waals surface area contributed by atoms with Gasteiger partial charge in [0.25, 0.3) is 0 Å². The van der Waals surface area contributed by atoms with Gasteiger partial charge < -0.3 is 4.42 Å². The van der Waals surface area contributed by atoms with E-state index in [4.69, 9.17) is 14.9 Å². The summed E-state index contributed by atoms with van der Waals surface area (Å²) in [6.45, 7) is 2.12. The molecule has 17 heavy (non-hydrogen) atoms. The summed E-state index contributed by atoms with van der Waals surface area (Å²) in [7, 11) is 0. The molecule has 1 aromatic rings. The molecule has 0 unspecified atom stereocenters. The fourth-order valence-electron chi connectivity index (χ4n) is 1.41. The van der Waals surface area contributed by atoms with E-state index in [1.54, 1.807) is 6.26 Å². The maximum absolute atomic E-state index is 8.54. The molecule has 1 aromatic heterocycles. The average molecular weight is 229 g/mol. The normalized spacial score (nSPS) is 10.5. The lowest BCUT2D eigenvalue weighted by Gasteiger charge is -2.17. The minimum absolute atomic E-state index is 0.486. The second-order valence-corrected chi connectivity index (χ2v) is 3.53. The molecule has 0 fully saturated rings. The van der Waals surface area contributed by atoms with E-state index in [1.807, 2.05) is 24.3 Å². The summed E-state index contributed by atoms with van der Waals surface area (Å²) in [4.78, 5) is 2.08. The van der Waals surface area contributed by atoms with E-state index in [9.17, 15) is 0 Å². The van der Waals surface area contributed by atoms with Crippen LogP contribution in [0.1, 0.15) is 18.6 Å². The smallest absolute Gasteiger partial charge is 0.126 e. The van der Waals surface area contributed by atoms with Gasteiger partial charge in [-0.05, 0) is 18.2 Å². The lowest BCUT2D eigenvalue weighted by Crippen LogP contribution is -2.25. The second kappa shape index (κ2) is 8.15. The molecule has 0 aliphatic heterocycles. The van der Waals surface area contributed by atoms with Crippen LogP contribution in [0, 0.1) is 22.7 Å². The Morgan fingerprint density at radius 2 is 1.94 bits per heavy atom. The first kappa shape index (κ1) is 13.0. The largest absolute Gasteiger partial charge is 0.465 e. The van der Waals surface area contributed by atoms with Gasteiger partial charge in [0, 0.05) is 32.5 Å². The van der Waals surface area contributed by atoms with Crippen LogP contribution in [0.5, 0.6) is 0 Å². The number of nitriles is 2. The Hall–Kier alpha value is -2.04. The van der Waals surface area contributed by atoms with E-state index in [0.29, 0.717) is 25.9 Å². The summed E-state index contributed by atoms with van der Waals surface area (Å²) in [5.41, 5.74) is 0. The minimum atomic E-state index is 0.486. The van der Waals surface area contributed by atoms with Gasteiger partial charge in [-0.25, -0.2) is 0 Å². The zero-order chi connectivity index (χ0) is 12.3. The van der Waals surface area contributed by atoms with Crippen molar-refractivity contribution in [2.24, 2.45) is 0 Å². The van der Waals surface area contributed by atoms with Crippen LogP contribution in [-0.4, -0.2) is 24.5 Å². The van der Waals surface area contributed by atoms with Crippen molar-refractivity contribution >= 4 is 6.08 Å². The van der Waals surface area contributed by atoms with Crippen LogP contribution in [0.2, 0.25) is 0 Å². The Kier molecular flexibility index (Phi) is 6.25. The molecule has 0 aliphatic rings. The third-order valence-electron chi connectivity index (χ3n) is 2.27. The first-order valence-corrected chi connectivity index (χ1v) is 5.53. The number of furan rings is 1. The van der Waals surface area contributed by atoms with Crippen molar-refractivity contribution in [3.63, 3.8) is 0 Å². The van der Waals surface area contributed by atoms with Crippen molar-refractivity contribution in [2.45, 2.75) is 12.8 Å². The van der Waals surface area contributed by atoms with Gasteiger partial charge in [0.15, 0.2) is 0 Å². The van der Waals surface area contributed by atoms with Crippen molar-refractivity contribution in [1.29, 1.82) is 10.5 Å². The zero-order valence-corrected chi connectivity index (χ0v) is 9.67. The lowest BCUT2D eigenvalue weighted by atomic mass is 10.3. The van der Waals surface area contributed by atoms with Gasteiger partial charge in [0.05, 0.1) is 18.4 Å². The first-order chi connectivity index (χ1) is 8.36. The third-order valence-corrected chi connectivity index (χ3v) is 2.27. The highest BCUT2D eigenvalue weighted by molar-refractivity contribution is 5.42. The molecule has 0 bridgehead atoms. The van der Waals surface area contributed by atoms with E-state index in [0.717, 1.165) is 12.3 Å². The van der Waals surface area contributed by atoms with Crippen LogP contribution >= 0.6 is 0 Å². The van der Waals surface area contributed by atoms with Crippen LogP contribution in [0.3, 0.4) is 0 Å². The molecule has 4 heteroatoms. The van der Waals surface area contributed by atoms with E-state index in [-0.39, 0.29) is 0 Å². The molecule has 0 aliphatic carbocycles. The monoisotopic (exact) mass is 229 g/mol. The van der Waals surface area contributed by atoms with Gasteiger partial charge in [0.1, 0.15) is 5.76 Å². The number of hydrogen-bond donors (Lipinski definition) is 0. The predicted octanol–water partition coefficient (Wildman–Crippen LogP) is 2.42. The minimum Gasteiger partial charge on any atom is -0.465 e. The molecule has 0 atom stereocenters. The maximum atomic E-state index is 8.54. The number of hydrogen-bond acceptors (Lipinski definition) is 4. The number of rotatable bonds is 7. The van der Waals surface area contributed by atoms with E-state index in [1.165, 1.54) is 0 Å². The van der Waals surface area contributed by atoms with Crippen LogP contribution in [0.15, 0.2) is 28.9 Å². The molecular formula is C13H15N3O. The molecule has 1 heterocycles. The molecule has 0 saturated carbocycles. The summed E-state index contributed by atoms with van der Waals surface area (Å²) in [5, 5.41) is 17.1. The second-order valence-electron chi connectivity index (χ2n) is 3.53. The van der Waals surface area contributed by atoms with E-state index < -0.39 is 0 Å². The average Bonchev–Trinajstić information content (AvgIpc) is 2.85. The van der Waals surface area contributed by atoms with Gasteiger partial charge in [-0.15, -0.1) is 0 Å². The zero-order valence-electron chi connectivity index (χ0n) is 9.67. The molecule has 0 N–H and O–H groups in total. The fourth-order valence-corrected chi connectivity index (χ4v) is 1.41. The third kappa shape index (κ3) is 5.55. The molecule has 0 spiro atoms.